The normalized spacial score (nSPS) is 16.7. The van der Waals surface area contributed by atoms with Gasteiger partial charge in [0.05, 0.1) is 9.77 Å². The highest BCUT2D eigenvalue weighted by Gasteiger charge is 2.29. The van der Waals surface area contributed by atoms with Gasteiger partial charge in [0.2, 0.25) is 10.0 Å². The summed E-state index contributed by atoms with van der Waals surface area (Å²) in [6.07, 6.45) is 1.47. The summed E-state index contributed by atoms with van der Waals surface area (Å²) in [5, 5.41) is 5.32. The summed E-state index contributed by atoms with van der Waals surface area (Å²) < 4.78 is 26.8. The molecule has 0 saturated carbocycles. The predicted octanol–water partition coefficient (Wildman–Crippen LogP) is 3.23. The number of amides is 1. The van der Waals surface area contributed by atoms with Crippen molar-refractivity contribution in [3.8, 4) is 0 Å². The van der Waals surface area contributed by atoms with Crippen LogP contribution in [0, 0.1) is 5.92 Å². The third-order valence-electron chi connectivity index (χ3n) is 4.32. The largest absolute Gasteiger partial charge is 0.351 e. The Labute approximate surface area is 156 Å². The van der Waals surface area contributed by atoms with Crippen LogP contribution in [0.2, 0.25) is 5.02 Å². The minimum absolute atomic E-state index is 0.0637. The topological polar surface area (TPSA) is 66.5 Å². The van der Waals surface area contributed by atoms with E-state index in [1.165, 1.54) is 27.8 Å². The average molecular weight is 399 g/mol. The number of hydrogen-bond donors (Lipinski definition) is 1. The lowest BCUT2D eigenvalue weighted by Gasteiger charge is -2.31. The number of nitrogens with zero attached hydrogens (tertiary/aromatic N) is 1. The molecule has 0 atom stereocenters. The summed E-state index contributed by atoms with van der Waals surface area (Å²) >= 11 is 7.23. The van der Waals surface area contributed by atoms with Crippen LogP contribution in [0.15, 0.2) is 46.7 Å². The smallest absolute Gasteiger partial charge is 0.261 e. The van der Waals surface area contributed by atoms with Gasteiger partial charge < -0.3 is 5.32 Å². The number of hydrogen-bond acceptors (Lipinski definition) is 4. The Morgan fingerprint density at radius 1 is 1.20 bits per heavy atom. The number of benzene rings is 1. The Morgan fingerprint density at radius 3 is 2.48 bits per heavy atom. The van der Waals surface area contributed by atoms with Crippen LogP contribution in [-0.2, 0) is 10.0 Å². The lowest BCUT2D eigenvalue weighted by molar-refractivity contribution is 0.0945. The summed E-state index contributed by atoms with van der Waals surface area (Å²) in [5.41, 5.74) is 0. The maximum Gasteiger partial charge on any atom is 0.261 e. The van der Waals surface area contributed by atoms with Gasteiger partial charge in [0, 0.05) is 24.7 Å². The highest BCUT2D eigenvalue weighted by molar-refractivity contribution is 7.89. The Bertz CT molecular complexity index is 812. The zero-order chi connectivity index (χ0) is 17.9. The lowest BCUT2D eigenvalue weighted by Crippen LogP contribution is -2.41. The van der Waals surface area contributed by atoms with Gasteiger partial charge in [-0.15, -0.1) is 11.3 Å². The van der Waals surface area contributed by atoms with Crippen molar-refractivity contribution in [1.82, 2.24) is 9.62 Å². The molecule has 134 valence electrons. The van der Waals surface area contributed by atoms with Crippen LogP contribution >= 0.6 is 22.9 Å². The quantitative estimate of drug-likeness (QED) is 0.840. The maximum atomic E-state index is 12.6. The third kappa shape index (κ3) is 4.41. The first-order valence-electron chi connectivity index (χ1n) is 8.04. The molecule has 1 amide bonds. The van der Waals surface area contributed by atoms with Crippen molar-refractivity contribution in [3.63, 3.8) is 0 Å². The molecule has 1 aliphatic heterocycles. The first-order chi connectivity index (χ1) is 12.0. The fourth-order valence-electron chi connectivity index (χ4n) is 2.84. The second-order valence-corrected chi connectivity index (χ2v) is 9.31. The monoisotopic (exact) mass is 398 g/mol. The molecule has 5 nitrogen and oxygen atoms in total. The standard InChI is InChI=1S/C17H19ClN2O3S2/c18-14-3-5-15(6-4-14)25(22,23)20-9-7-13(8-10-20)12-19-17(21)16-2-1-11-24-16/h1-6,11,13H,7-10,12H2,(H,19,21). The molecular formula is C17H19ClN2O3S2. The Balaban J connectivity index is 1.53. The number of nitrogens with one attached hydrogen (secondary N) is 1. The van der Waals surface area contributed by atoms with Crippen LogP contribution in [0.5, 0.6) is 0 Å². The minimum Gasteiger partial charge on any atom is -0.351 e. The summed E-state index contributed by atoms with van der Waals surface area (Å²) in [5.74, 6) is 0.229. The van der Waals surface area contributed by atoms with Gasteiger partial charge in [0.25, 0.3) is 5.91 Å². The molecule has 0 spiro atoms. The molecule has 1 aliphatic rings. The van der Waals surface area contributed by atoms with E-state index in [4.69, 9.17) is 11.6 Å². The molecule has 1 N–H and O–H groups in total. The van der Waals surface area contributed by atoms with Crippen molar-refractivity contribution in [1.29, 1.82) is 0 Å². The van der Waals surface area contributed by atoms with E-state index < -0.39 is 10.0 Å². The van der Waals surface area contributed by atoms with Gasteiger partial charge in [-0.2, -0.15) is 4.31 Å². The zero-order valence-corrected chi connectivity index (χ0v) is 15.9. The Kier molecular flexibility index (Phi) is 5.78. The molecule has 25 heavy (non-hydrogen) atoms. The van der Waals surface area contributed by atoms with Gasteiger partial charge in [0.1, 0.15) is 0 Å². The fourth-order valence-corrected chi connectivity index (χ4v) is 5.08. The molecule has 1 saturated heterocycles. The van der Waals surface area contributed by atoms with Gasteiger partial charge in [-0.1, -0.05) is 17.7 Å². The van der Waals surface area contributed by atoms with Crippen LogP contribution in [0.3, 0.4) is 0 Å². The van der Waals surface area contributed by atoms with E-state index in [0.29, 0.717) is 35.5 Å². The molecule has 1 aromatic carbocycles. The molecule has 3 rings (SSSR count). The van der Waals surface area contributed by atoms with Crippen LogP contribution in [-0.4, -0.2) is 38.3 Å². The number of rotatable bonds is 5. The molecule has 0 radical (unpaired) electrons. The summed E-state index contributed by atoms with van der Waals surface area (Å²) in [7, 11) is -3.48. The lowest BCUT2D eigenvalue weighted by atomic mass is 9.98. The first kappa shape index (κ1) is 18.4. The zero-order valence-electron chi connectivity index (χ0n) is 13.5. The second kappa shape index (κ2) is 7.86. The van der Waals surface area contributed by atoms with Gasteiger partial charge >= 0.3 is 0 Å². The van der Waals surface area contributed by atoms with E-state index in [9.17, 15) is 13.2 Å². The molecule has 0 unspecified atom stereocenters. The van der Waals surface area contributed by atoms with Crippen molar-refractivity contribution < 1.29 is 13.2 Å². The molecule has 1 aromatic heterocycles. The molecule has 2 aromatic rings. The minimum atomic E-state index is -3.48. The van der Waals surface area contributed by atoms with E-state index in [1.807, 2.05) is 11.4 Å². The van der Waals surface area contributed by atoms with Gasteiger partial charge in [0.15, 0.2) is 0 Å². The van der Waals surface area contributed by atoms with Crippen LogP contribution in [0.4, 0.5) is 0 Å². The highest BCUT2D eigenvalue weighted by Crippen LogP contribution is 2.24. The van der Waals surface area contributed by atoms with Crippen LogP contribution in [0.25, 0.3) is 0 Å². The summed E-state index contributed by atoms with van der Waals surface area (Å²) in [6, 6.07) is 9.87. The Morgan fingerprint density at radius 2 is 1.88 bits per heavy atom. The van der Waals surface area contributed by atoms with Crippen LogP contribution in [0.1, 0.15) is 22.5 Å². The number of sulfonamides is 1. The van der Waals surface area contributed by atoms with Gasteiger partial charge in [-0.25, -0.2) is 8.42 Å². The molecule has 0 aliphatic carbocycles. The van der Waals surface area contributed by atoms with E-state index in [1.54, 1.807) is 18.2 Å². The molecule has 1 fully saturated rings. The van der Waals surface area contributed by atoms with E-state index in [2.05, 4.69) is 5.32 Å². The van der Waals surface area contributed by atoms with Crippen molar-refractivity contribution in [3.05, 3.63) is 51.7 Å². The highest BCUT2D eigenvalue weighted by atomic mass is 35.5. The number of carbonyl (C=O) groups is 1. The fraction of sp³-hybridized carbons (Fsp3) is 0.353. The van der Waals surface area contributed by atoms with Crippen molar-refractivity contribution in [2.45, 2.75) is 17.7 Å². The summed E-state index contributed by atoms with van der Waals surface area (Å²) in [6.45, 7) is 1.50. The number of carbonyl (C=O) groups excluding carboxylic acids is 1. The SMILES string of the molecule is O=C(NCC1CCN(S(=O)(=O)c2ccc(Cl)cc2)CC1)c1cccs1. The maximum absolute atomic E-state index is 12.6. The molecule has 2 heterocycles. The van der Waals surface area contributed by atoms with E-state index in [0.717, 1.165) is 12.8 Å². The van der Waals surface area contributed by atoms with E-state index in [-0.39, 0.29) is 10.8 Å². The van der Waals surface area contributed by atoms with Crippen LogP contribution < -0.4 is 5.32 Å². The number of thiophene rings is 1. The van der Waals surface area contributed by atoms with E-state index >= 15 is 0 Å². The van der Waals surface area contributed by atoms with Crippen molar-refractivity contribution in [2.75, 3.05) is 19.6 Å². The molecular weight excluding hydrogens is 380 g/mol. The third-order valence-corrected chi connectivity index (χ3v) is 7.35. The Hall–Kier alpha value is -1.41. The summed E-state index contributed by atoms with van der Waals surface area (Å²) in [4.78, 5) is 12.9. The second-order valence-electron chi connectivity index (χ2n) is 5.99. The average Bonchev–Trinajstić information content (AvgIpc) is 3.15. The molecule has 0 bridgehead atoms. The van der Waals surface area contributed by atoms with Crippen molar-refractivity contribution >= 4 is 38.9 Å². The van der Waals surface area contributed by atoms with Gasteiger partial charge in [-0.3, -0.25) is 4.79 Å². The predicted molar refractivity (Wildman–Crippen MR) is 99.6 cm³/mol. The van der Waals surface area contributed by atoms with Crippen molar-refractivity contribution in [2.24, 2.45) is 5.92 Å². The molecule has 8 heteroatoms. The van der Waals surface area contributed by atoms with Gasteiger partial charge in [-0.05, 0) is 54.5 Å². The first-order valence-corrected chi connectivity index (χ1v) is 10.7. The number of piperidine rings is 1. The number of halogens is 1.